The second-order valence-electron chi connectivity index (χ2n) is 9.51. The number of nitrogens with one attached hydrogen (secondary N) is 2. The zero-order chi connectivity index (χ0) is 25.2. The number of carbonyl (C=O) groups is 1. The van der Waals surface area contributed by atoms with Gasteiger partial charge in [-0.25, -0.2) is 9.97 Å². The van der Waals surface area contributed by atoms with E-state index in [1.807, 2.05) is 55.4 Å². The van der Waals surface area contributed by atoms with Crippen molar-refractivity contribution in [2.24, 2.45) is 5.92 Å². The molecule has 5 rings (SSSR count). The molecule has 7 nitrogen and oxygen atoms in total. The number of para-hydroxylation sites is 1. The Labute approximate surface area is 223 Å². The molecule has 0 bridgehead atoms. The first-order valence-electron chi connectivity index (χ1n) is 12.1. The smallest absolute Gasteiger partial charge is 0.252 e. The van der Waals surface area contributed by atoms with E-state index in [0.29, 0.717) is 40.7 Å². The zero-order valence-electron chi connectivity index (χ0n) is 20.3. The minimum absolute atomic E-state index is 0.122. The van der Waals surface area contributed by atoms with Crippen LogP contribution in [-0.2, 0) is 0 Å². The van der Waals surface area contributed by atoms with Gasteiger partial charge < -0.3 is 15.5 Å². The predicted molar refractivity (Wildman–Crippen MR) is 150 cm³/mol. The molecule has 36 heavy (non-hydrogen) atoms. The minimum atomic E-state index is -0.122. The molecule has 0 unspecified atom stereocenters. The van der Waals surface area contributed by atoms with Gasteiger partial charge in [-0.2, -0.15) is 4.98 Å². The van der Waals surface area contributed by atoms with Crippen LogP contribution >= 0.6 is 27.5 Å². The quantitative estimate of drug-likeness (QED) is 0.276. The summed E-state index contributed by atoms with van der Waals surface area (Å²) in [4.78, 5) is 28.9. The molecule has 1 saturated carbocycles. The predicted octanol–water partition coefficient (Wildman–Crippen LogP) is 6.06. The number of fused-ring (bicyclic) bond motifs is 2. The van der Waals surface area contributed by atoms with E-state index in [1.165, 1.54) is 0 Å². The fourth-order valence-electron chi connectivity index (χ4n) is 4.84. The normalized spacial score (nSPS) is 17.8. The number of hydrogen-bond acceptors (Lipinski definition) is 6. The van der Waals surface area contributed by atoms with Crippen LogP contribution in [0.15, 0.2) is 53.0 Å². The van der Waals surface area contributed by atoms with Crippen LogP contribution in [0.1, 0.15) is 36.0 Å². The Morgan fingerprint density at radius 1 is 1.00 bits per heavy atom. The number of benzene rings is 2. The number of pyridine rings is 1. The number of nitrogens with zero attached hydrogens (tertiary/aromatic N) is 4. The SMILES string of the molecule is CN(C)c1nc(NC2CCC(CNC(=O)c3cc(Cl)nc4ccc(Br)cc34)CC2)nc2ccccc12. The lowest BCUT2D eigenvalue weighted by Gasteiger charge is -2.29. The molecule has 0 spiro atoms. The molecule has 2 heterocycles. The molecular weight excluding hydrogens is 540 g/mol. The van der Waals surface area contributed by atoms with Gasteiger partial charge in [-0.1, -0.05) is 39.7 Å². The average Bonchev–Trinajstić information content (AvgIpc) is 2.87. The first-order valence-corrected chi connectivity index (χ1v) is 13.3. The van der Waals surface area contributed by atoms with E-state index in [1.54, 1.807) is 6.07 Å². The van der Waals surface area contributed by atoms with Crippen LogP contribution in [0.3, 0.4) is 0 Å². The van der Waals surface area contributed by atoms with Crippen molar-refractivity contribution in [3.63, 3.8) is 0 Å². The van der Waals surface area contributed by atoms with Gasteiger partial charge in [-0.05, 0) is 68.0 Å². The highest BCUT2D eigenvalue weighted by molar-refractivity contribution is 9.10. The molecule has 1 amide bonds. The highest BCUT2D eigenvalue weighted by Gasteiger charge is 2.23. The Morgan fingerprint density at radius 2 is 1.75 bits per heavy atom. The number of aromatic nitrogens is 3. The topological polar surface area (TPSA) is 83.0 Å². The monoisotopic (exact) mass is 566 g/mol. The molecule has 4 aromatic rings. The van der Waals surface area contributed by atoms with Gasteiger partial charge in [0.2, 0.25) is 5.95 Å². The van der Waals surface area contributed by atoms with Crippen LogP contribution in [0.25, 0.3) is 21.8 Å². The lowest BCUT2D eigenvalue weighted by Crippen LogP contribution is -2.34. The summed E-state index contributed by atoms with van der Waals surface area (Å²) < 4.78 is 0.895. The van der Waals surface area contributed by atoms with Crippen molar-refractivity contribution < 1.29 is 4.79 Å². The Bertz CT molecular complexity index is 1420. The van der Waals surface area contributed by atoms with Gasteiger partial charge >= 0.3 is 0 Å². The summed E-state index contributed by atoms with van der Waals surface area (Å²) in [6.07, 6.45) is 4.06. The lowest BCUT2D eigenvalue weighted by atomic mass is 9.86. The Kier molecular flexibility index (Phi) is 7.25. The summed E-state index contributed by atoms with van der Waals surface area (Å²) in [5.74, 6) is 1.89. The molecule has 1 aliphatic carbocycles. The molecular formula is C27H28BrClN6O. The van der Waals surface area contributed by atoms with E-state index in [2.05, 4.69) is 37.6 Å². The largest absolute Gasteiger partial charge is 0.362 e. The number of hydrogen-bond donors (Lipinski definition) is 2. The van der Waals surface area contributed by atoms with E-state index < -0.39 is 0 Å². The highest BCUT2D eigenvalue weighted by Crippen LogP contribution is 2.29. The van der Waals surface area contributed by atoms with Crippen molar-refractivity contribution >= 4 is 67.0 Å². The third-order valence-corrected chi connectivity index (χ3v) is 7.41. The van der Waals surface area contributed by atoms with E-state index in [0.717, 1.165) is 52.3 Å². The molecule has 9 heteroatoms. The van der Waals surface area contributed by atoms with Crippen LogP contribution in [0.5, 0.6) is 0 Å². The summed E-state index contributed by atoms with van der Waals surface area (Å²) >= 11 is 9.65. The van der Waals surface area contributed by atoms with Gasteiger partial charge in [0.25, 0.3) is 5.91 Å². The molecule has 1 aliphatic rings. The molecule has 2 N–H and O–H groups in total. The summed E-state index contributed by atoms with van der Waals surface area (Å²) in [6, 6.07) is 15.7. The second kappa shape index (κ2) is 10.6. The molecule has 0 atom stereocenters. The molecule has 0 radical (unpaired) electrons. The van der Waals surface area contributed by atoms with Crippen LogP contribution in [0.4, 0.5) is 11.8 Å². The summed E-state index contributed by atoms with van der Waals surface area (Å²) in [6.45, 7) is 0.637. The number of carbonyl (C=O) groups excluding carboxylic acids is 1. The van der Waals surface area contributed by atoms with Crippen molar-refractivity contribution in [2.45, 2.75) is 31.7 Å². The zero-order valence-corrected chi connectivity index (χ0v) is 22.6. The Morgan fingerprint density at radius 3 is 2.53 bits per heavy atom. The van der Waals surface area contributed by atoms with E-state index >= 15 is 0 Å². The fraction of sp³-hybridized carbons (Fsp3) is 0.333. The standard InChI is InChI=1S/C27H28BrClN6O/c1-35(2)25-19-5-3-4-6-22(19)33-27(34-25)31-18-10-7-16(8-11-18)15-30-26(36)21-14-24(29)32-23-12-9-17(28)13-20(21)23/h3-6,9,12-14,16,18H,7-8,10-11,15H2,1-2H3,(H,30,36)(H,31,33,34). The van der Waals surface area contributed by atoms with E-state index in [4.69, 9.17) is 21.6 Å². The van der Waals surface area contributed by atoms with Crippen molar-refractivity contribution in [3.8, 4) is 0 Å². The fourth-order valence-corrected chi connectivity index (χ4v) is 5.41. The van der Waals surface area contributed by atoms with Gasteiger partial charge in [0.15, 0.2) is 0 Å². The van der Waals surface area contributed by atoms with Gasteiger partial charge in [0.05, 0.1) is 16.6 Å². The molecule has 1 fully saturated rings. The van der Waals surface area contributed by atoms with Crippen molar-refractivity contribution in [2.75, 3.05) is 30.9 Å². The third-order valence-electron chi connectivity index (χ3n) is 6.72. The molecule has 2 aromatic carbocycles. The van der Waals surface area contributed by atoms with Gasteiger partial charge in [-0.15, -0.1) is 0 Å². The Hall–Kier alpha value is -2.97. The molecule has 0 aliphatic heterocycles. The van der Waals surface area contributed by atoms with Crippen LogP contribution < -0.4 is 15.5 Å². The van der Waals surface area contributed by atoms with E-state index in [9.17, 15) is 4.79 Å². The van der Waals surface area contributed by atoms with Gasteiger partial charge in [-0.3, -0.25) is 4.79 Å². The number of rotatable bonds is 6. The average molecular weight is 568 g/mol. The first kappa shape index (κ1) is 24.7. The number of halogens is 2. The molecule has 2 aromatic heterocycles. The maximum Gasteiger partial charge on any atom is 0.252 e. The summed E-state index contributed by atoms with van der Waals surface area (Å²) in [5.41, 5.74) is 2.19. The maximum absolute atomic E-state index is 13.0. The number of amides is 1. The van der Waals surface area contributed by atoms with Crippen molar-refractivity contribution in [1.82, 2.24) is 20.3 Å². The molecule has 0 saturated heterocycles. The van der Waals surface area contributed by atoms with Gasteiger partial charge in [0, 0.05) is 41.9 Å². The van der Waals surface area contributed by atoms with Crippen LogP contribution in [-0.4, -0.2) is 47.5 Å². The molecule has 186 valence electrons. The number of anilines is 2. The van der Waals surface area contributed by atoms with Crippen LogP contribution in [0, 0.1) is 5.92 Å². The summed E-state index contributed by atoms with van der Waals surface area (Å²) in [7, 11) is 4.00. The lowest BCUT2D eigenvalue weighted by molar-refractivity contribution is 0.0945. The van der Waals surface area contributed by atoms with E-state index in [-0.39, 0.29) is 5.91 Å². The van der Waals surface area contributed by atoms with Crippen molar-refractivity contribution in [3.05, 3.63) is 63.7 Å². The van der Waals surface area contributed by atoms with Gasteiger partial charge in [0.1, 0.15) is 11.0 Å². The summed E-state index contributed by atoms with van der Waals surface area (Å²) in [5, 5.41) is 8.81. The van der Waals surface area contributed by atoms with Crippen LogP contribution in [0.2, 0.25) is 5.15 Å². The highest BCUT2D eigenvalue weighted by atomic mass is 79.9. The Balaban J connectivity index is 1.19. The maximum atomic E-state index is 13.0. The minimum Gasteiger partial charge on any atom is -0.362 e. The first-order chi connectivity index (χ1) is 17.4. The van der Waals surface area contributed by atoms with Crippen molar-refractivity contribution in [1.29, 1.82) is 0 Å². The third kappa shape index (κ3) is 5.39. The second-order valence-corrected chi connectivity index (χ2v) is 10.8.